The van der Waals surface area contributed by atoms with Crippen LogP contribution >= 0.6 is 0 Å². The fourth-order valence-electron chi connectivity index (χ4n) is 4.11. The molecule has 5 nitrogen and oxygen atoms in total. The van der Waals surface area contributed by atoms with Gasteiger partial charge in [-0.2, -0.15) is 0 Å². The Bertz CT molecular complexity index is 574. The summed E-state index contributed by atoms with van der Waals surface area (Å²) in [6.07, 6.45) is 2.77. The molecule has 0 N–H and O–H groups in total. The van der Waals surface area contributed by atoms with E-state index in [0.717, 1.165) is 45.6 Å². The van der Waals surface area contributed by atoms with Crippen molar-refractivity contribution in [2.24, 2.45) is 5.92 Å². The molecule has 1 amide bonds. The molecular formula is C20H30N2O3. The second kappa shape index (κ2) is 8.19. The van der Waals surface area contributed by atoms with Crippen molar-refractivity contribution in [1.82, 2.24) is 9.80 Å². The third kappa shape index (κ3) is 4.53. The fourth-order valence-corrected chi connectivity index (χ4v) is 4.11. The second-order valence-electron chi connectivity index (χ2n) is 7.41. The zero-order valence-electron chi connectivity index (χ0n) is 15.6. The van der Waals surface area contributed by atoms with Crippen molar-refractivity contribution in [1.29, 1.82) is 0 Å². The Labute approximate surface area is 150 Å². The summed E-state index contributed by atoms with van der Waals surface area (Å²) in [4.78, 5) is 17.3. The average Bonchev–Trinajstić information content (AvgIpc) is 2.61. The summed E-state index contributed by atoms with van der Waals surface area (Å²) in [6.45, 7) is 9.12. The Kier molecular flexibility index (Phi) is 5.97. The first-order valence-electron chi connectivity index (χ1n) is 9.37. The van der Waals surface area contributed by atoms with Gasteiger partial charge < -0.3 is 14.4 Å². The SMILES string of the molecule is COc1ccccc1C(=O)N1CCC(CN2C[C@@H](C)O[C@H](C)C2)CC1. The summed E-state index contributed by atoms with van der Waals surface area (Å²) in [5, 5.41) is 0. The lowest BCUT2D eigenvalue weighted by atomic mass is 9.95. The maximum atomic E-state index is 12.8. The second-order valence-corrected chi connectivity index (χ2v) is 7.41. The highest BCUT2D eigenvalue weighted by molar-refractivity contribution is 5.97. The van der Waals surface area contributed by atoms with E-state index in [1.54, 1.807) is 7.11 Å². The molecule has 2 heterocycles. The minimum absolute atomic E-state index is 0.0875. The predicted molar refractivity (Wildman–Crippen MR) is 98.1 cm³/mol. The van der Waals surface area contributed by atoms with E-state index < -0.39 is 0 Å². The molecular weight excluding hydrogens is 316 g/mol. The van der Waals surface area contributed by atoms with Gasteiger partial charge in [-0.05, 0) is 44.7 Å². The number of methoxy groups -OCH3 is 1. The van der Waals surface area contributed by atoms with Crippen LogP contribution in [-0.4, -0.2) is 67.7 Å². The molecule has 0 unspecified atom stereocenters. The van der Waals surface area contributed by atoms with Gasteiger partial charge in [0.05, 0.1) is 24.9 Å². The van der Waals surface area contributed by atoms with E-state index in [2.05, 4.69) is 18.7 Å². The standard InChI is InChI=1S/C20H30N2O3/c1-15-12-21(13-16(2)25-15)14-17-8-10-22(11-9-17)20(23)18-6-4-5-7-19(18)24-3/h4-7,15-17H,8-14H2,1-3H3/t15-,16-/m1/s1. The molecule has 25 heavy (non-hydrogen) atoms. The van der Waals surface area contributed by atoms with Gasteiger partial charge in [0, 0.05) is 32.7 Å². The number of hydrogen-bond acceptors (Lipinski definition) is 4. The molecule has 1 aromatic rings. The number of morpholine rings is 1. The largest absolute Gasteiger partial charge is 0.496 e. The van der Waals surface area contributed by atoms with Gasteiger partial charge in [-0.25, -0.2) is 0 Å². The summed E-state index contributed by atoms with van der Waals surface area (Å²) in [5.41, 5.74) is 0.666. The van der Waals surface area contributed by atoms with Gasteiger partial charge in [-0.3, -0.25) is 9.69 Å². The number of benzene rings is 1. The molecule has 0 bridgehead atoms. The Morgan fingerprint density at radius 1 is 1.16 bits per heavy atom. The van der Waals surface area contributed by atoms with Crippen LogP contribution in [0.3, 0.4) is 0 Å². The number of nitrogens with zero attached hydrogens (tertiary/aromatic N) is 2. The third-order valence-corrected chi connectivity index (χ3v) is 5.25. The first kappa shape index (κ1) is 18.2. The minimum Gasteiger partial charge on any atom is -0.496 e. The normalized spacial score (nSPS) is 25.8. The fraction of sp³-hybridized carbons (Fsp3) is 0.650. The zero-order valence-corrected chi connectivity index (χ0v) is 15.6. The lowest BCUT2D eigenvalue weighted by Gasteiger charge is -2.39. The van der Waals surface area contributed by atoms with Gasteiger partial charge in [-0.15, -0.1) is 0 Å². The van der Waals surface area contributed by atoms with E-state index in [1.165, 1.54) is 0 Å². The Morgan fingerprint density at radius 2 is 1.80 bits per heavy atom. The Hall–Kier alpha value is -1.59. The van der Waals surface area contributed by atoms with E-state index in [0.29, 0.717) is 29.4 Å². The van der Waals surface area contributed by atoms with Gasteiger partial charge in [0.25, 0.3) is 5.91 Å². The van der Waals surface area contributed by atoms with Crippen molar-refractivity contribution in [3.8, 4) is 5.75 Å². The Morgan fingerprint density at radius 3 is 2.44 bits per heavy atom. The van der Waals surface area contributed by atoms with Crippen LogP contribution < -0.4 is 4.74 Å². The first-order valence-corrected chi connectivity index (χ1v) is 9.37. The molecule has 2 aliphatic heterocycles. The number of rotatable bonds is 4. The molecule has 0 aromatic heterocycles. The van der Waals surface area contributed by atoms with E-state index in [1.807, 2.05) is 29.2 Å². The summed E-state index contributed by atoms with van der Waals surface area (Å²) in [5.74, 6) is 1.41. The van der Waals surface area contributed by atoms with E-state index in [9.17, 15) is 4.79 Å². The topological polar surface area (TPSA) is 42.0 Å². The Balaban J connectivity index is 1.52. The highest BCUT2D eigenvalue weighted by atomic mass is 16.5. The predicted octanol–water partition coefficient (Wildman–Crippen LogP) is 2.66. The highest BCUT2D eigenvalue weighted by Gasteiger charge is 2.28. The summed E-state index contributed by atoms with van der Waals surface area (Å²) >= 11 is 0. The van der Waals surface area contributed by atoms with Gasteiger partial charge in [0.15, 0.2) is 0 Å². The number of amides is 1. The number of likely N-dealkylation sites (tertiary alicyclic amines) is 1. The van der Waals surface area contributed by atoms with Crippen LogP contribution in [0.25, 0.3) is 0 Å². The maximum absolute atomic E-state index is 12.8. The molecule has 138 valence electrons. The minimum atomic E-state index is 0.0875. The zero-order chi connectivity index (χ0) is 17.8. The van der Waals surface area contributed by atoms with Gasteiger partial charge in [0.2, 0.25) is 0 Å². The summed E-state index contributed by atoms with van der Waals surface area (Å²) in [6, 6.07) is 7.49. The van der Waals surface area contributed by atoms with Crippen LogP contribution in [0.4, 0.5) is 0 Å². The van der Waals surface area contributed by atoms with Crippen molar-refractivity contribution in [3.63, 3.8) is 0 Å². The van der Waals surface area contributed by atoms with Crippen LogP contribution in [0.15, 0.2) is 24.3 Å². The number of ether oxygens (including phenoxy) is 2. The van der Waals surface area contributed by atoms with Crippen molar-refractivity contribution >= 4 is 5.91 Å². The maximum Gasteiger partial charge on any atom is 0.257 e. The lowest BCUT2D eigenvalue weighted by Crippen LogP contribution is -2.48. The number of hydrogen-bond donors (Lipinski definition) is 0. The quantitative estimate of drug-likeness (QED) is 0.841. The number of para-hydroxylation sites is 1. The van der Waals surface area contributed by atoms with Gasteiger partial charge >= 0.3 is 0 Å². The van der Waals surface area contributed by atoms with Crippen LogP contribution in [0.5, 0.6) is 5.75 Å². The van der Waals surface area contributed by atoms with Crippen molar-refractivity contribution < 1.29 is 14.3 Å². The number of carbonyl (C=O) groups excluding carboxylic acids is 1. The lowest BCUT2D eigenvalue weighted by molar-refractivity contribution is -0.0728. The monoisotopic (exact) mass is 346 g/mol. The van der Waals surface area contributed by atoms with Gasteiger partial charge in [0.1, 0.15) is 5.75 Å². The molecule has 2 aliphatic rings. The first-order chi connectivity index (χ1) is 12.1. The van der Waals surface area contributed by atoms with Crippen molar-refractivity contribution in [3.05, 3.63) is 29.8 Å². The molecule has 0 radical (unpaired) electrons. The van der Waals surface area contributed by atoms with Crippen LogP contribution in [-0.2, 0) is 4.74 Å². The molecule has 0 saturated carbocycles. The van der Waals surface area contributed by atoms with E-state index in [4.69, 9.17) is 9.47 Å². The molecule has 1 aromatic carbocycles. The highest BCUT2D eigenvalue weighted by Crippen LogP contribution is 2.25. The third-order valence-electron chi connectivity index (χ3n) is 5.25. The molecule has 5 heteroatoms. The van der Waals surface area contributed by atoms with Crippen molar-refractivity contribution in [2.45, 2.75) is 38.9 Å². The van der Waals surface area contributed by atoms with Crippen LogP contribution in [0.1, 0.15) is 37.0 Å². The molecule has 2 saturated heterocycles. The molecule has 0 aliphatic carbocycles. The molecule has 2 fully saturated rings. The van der Waals surface area contributed by atoms with Crippen LogP contribution in [0.2, 0.25) is 0 Å². The molecule has 3 rings (SSSR count). The molecule has 2 atom stereocenters. The summed E-state index contributed by atoms with van der Waals surface area (Å²) < 4.78 is 11.2. The number of carbonyl (C=O) groups is 1. The van der Waals surface area contributed by atoms with Crippen molar-refractivity contribution in [2.75, 3.05) is 39.8 Å². The van der Waals surface area contributed by atoms with E-state index >= 15 is 0 Å². The smallest absolute Gasteiger partial charge is 0.257 e. The molecule has 0 spiro atoms. The van der Waals surface area contributed by atoms with E-state index in [-0.39, 0.29) is 5.91 Å². The van der Waals surface area contributed by atoms with Crippen LogP contribution in [0, 0.1) is 5.92 Å². The van der Waals surface area contributed by atoms with Gasteiger partial charge in [-0.1, -0.05) is 12.1 Å². The average molecular weight is 346 g/mol. The number of piperidine rings is 1. The summed E-state index contributed by atoms with van der Waals surface area (Å²) in [7, 11) is 1.61.